The van der Waals surface area contributed by atoms with Crippen molar-refractivity contribution in [2.75, 3.05) is 19.7 Å². The molecule has 1 amide bonds. The summed E-state index contributed by atoms with van der Waals surface area (Å²) in [7, 11) is 0. The molecule has 0 aliphatic carbocycles. The Bertz CT molecular complexity index is 685. The maximum atomic E-state index is 12.3. The van der Waals surface area contributed by atoms with Crippen molar-refractivity contribution in [1.29, 1.82) is 0 Å². The van der Waals surface area contributed by atoms with Crippen LogP contribution in [0.2, 0.25) is 0 Å². The van der Waals surface area contributed by atoms with Gasteiger partial charge in [0, 0.05) is 30.2 Å². The number of thiazole rings is 1. The van der Waals surface area contributed by atoms with Gasteiger partial charge >= 0.3 is 0 Å². The molecule has 22 heavy (non-hydrogen) atoms. The molecule has 0 aromatic carbocycles. The molecular formula is C14H16N4O3S. The molecule has 1 atom stereocenters. The first-order valence-corrected chi connectivity index (χ1v) is 7.99. The van der Waals surface area contributed by atoms with Gasteiger partial charge in [-0.3, -0.25) is 9.59 Å². The highest BCUT2D eigenvalue weighted by Crippen LogP contribution is 2.14. The van der Waals surface area contributed by atoms with Crippen LogP contribution in [0.25, 0.3) is 0 Å². The summed E-state index contributed by atoms with van der Waals surface area (Å²) < 4.78 is 5.70. The molecule has 1 saturated heterocycles. The van der Waals surface area contributed by atoms with E-state index in [1.165, 1.54) is 23.7 Å². The van der Waals surface area contributed by atoms with E-state index in [-0.39, 0.29) is 17.6 Å². The first kappa shape index (κ1) is 14.9. The van der Waals surface area contributed by atoms with Gasteiger partial charge in [-0.05, 0) is 12.8 Å². The van der Waals surface area contributed by atoms with Gasteiger partial charge in [0.25, 0.3) is 11.5 Å². The van der Waals surface area contributed by atoms with Crippen LogP contribution in [0.4, 0.5) is 0 Å². The van der Waals surface area contributed by atoms with E-state index in [1.54, 1.807) is 15.8 Å². The van der Waals surface area contributed by atoms with Crippen molar-refractivity contribution in [2.45, 2.75) is 18.9 Å². The fraction of sp³-hybridized carbons (Fsp3) is 0.429. The fourth-order valence-electron chi connectivity index (χ4n) is 2.41. The number of aromatic amines is 1. The second-order valence-corrected chi connectivity index (χ2v) is 5.78. The maximum absolute atomic E-state index is 12.3. The smallest absolute Gasteiger partial charge is 0.273 e. The molecule has 0 radical (unpaired) electrons. The van der Waals surface area contributed by atoms with Crippen molar-refractivity contribution >= 4 is 17.2 Å². The van der Waals surface area contributed by atoms with Crippen molar-refractivity contribution in [3.8, 4) is 0 Å². The van der Waals surface area contributed by atoms with Crippen molar-refractivity contribution in [3.05, 3.63) is 45.0 Å². The number of aromatic nitrogens is 3. The van der Waals surface area contributed by atoms with Crippen LogP contribution in [0, 0.1) is 0 Å². The average Bonchev–Trinajstić information content (AvgIpc) is 3.07. The highest BCUT2D eigenvalue weighted by atomic mass is 32.1. The van der Waals surface area contributed by atoms with E-state index in [9.17, 15) is 9.59 Å². The van der Waals surface area contributed by atoms with Crippen LogP contribution in [0.15, 0.2) is 28.1 Å². The third-order valence-corrected chi connectivity index (χ3v) is 4.12. The number of nitrogens with zero attached hydrogens (tertiary/aromatic N) is 3. The standard InChI is InChI=1S/C14H16N4O3S/c19-13-5-10(15-8-16-13)1-2-11-6-18(3-4-21-11)14(20)12-7-22-9-17-12/h5,7-9,11H,1-4,6H2,(H,15,16,19)/t11-/m1/s1. The fourth-order valence-corrected chi connectivity index (χ4v) is 2.94. The predicted molar refractivity (Wildman–Crippen MR) is 80.9 cm³/mol. The lowest BCUT2D eigenvalue weighted by atomic mass is 10.1. The van der Waals surface area contributed by atoms with Crippen LogP contribution in [0.3, 0.4) is 0 Å². The summed E-state index contributed by atoms with van der Waals surface area (Å²) in [5.41, 5.74) is 2.72. The van der Waals surface area contributed by atoms with Crippen LogP contribution < -0.4 is 5.56 Å². The number of carbonyl (C=O) groups excluding carboxylic acids is 1. The molecule has 116 valence electrons. The Morgan fingerprint density at radius 3 is 3.18 bits per heavy atom. The molecule has 0 bridgehead atoms. The summed E-state index contributed by atoms with van der Waals surface area (Å²) in [6.45, 7) is 1.64. The van der Waals surface area contributed by atoms with Crippen LogP contribution in [-0.4, -0.2) is 51.6 Å². The van der Waals surface area contributed by atoms with Crippen molar-refractivity contribution in [3.63, 3.8) is 0 Å². The lowest BCUT2D eigenvalue weighted by molar-refractivity contribution is -0.0248. The Hall–Kier alpha value is -2.06. The van der Waals surface area contributed by atoms with Gasteiger partial charge < -0.3 is 14.6 Å². The number of aryl methyl sites for hydroxylation is 1. The van der Waals surface area contributed by atoms with E-state index in [0.717, 1.165) is 12.1 Å². The SMILES string of the molecule is O=C(c1cscn1)N1CCO[C@H](CCc2cc(=O)[nH]cn2)C1. The van der Waals surface area contributed by atoms with E-state index in [1.807, 2.05) is 0 Å². The number of morpholine rings is 1. The number of H-pyrrole nitrogens is 1. The van der Waals surface area contributed by atoms with Crippen LogP contribution in [-0.2, 0) is 11.2 Å². The molecule has 1 N–H and O–H groups in total. The first-order chi connectivity index (χ1) is 10.7. The van der Waals surface area contributed by atoms with E-state index >= 15 is 0 Å². The second kappa shape index (κ2) is 6.80. The number of hydrogen-bond donors (Lipinski definition) is 1. The number of rotatable bonds is 4. The van der Waals surface area contributed by atoms with E-state index in [0.29, 0.717) is 31.8 Å². The molecule has 1 aliphatic rings. The predicted octanol–water partition coefficient (Wildman–Crippen LogP) is 0.700. The zero-order valence-electron chi connectivity index (χ0n) is 11.9. The molecule has 2 aromatic heterocycles. The number of amides is 1. The summed E-state index contributed by atoms with van der Waals surface area (Å²) >= 11 is 1.41. The molecule has 0 saturated carbocycles. The minimum Gasteiger partial charge on any atom is -0.375 e. The van der Waals surface area contributed by atoms with Crippen molar-refractivity contribution < 1.29 is 9.53 Å². The number of hydrogen-bond acceptors (Lipinski definition) is 6. The maximum Gasteiger partial charge on any atom is 0.273 e. The summed E-state index contributed by atoms with van der Waals surface area (Å²) in [5, 5.41) is 1.76. The molecule has 1 fully saturated rings. The molecule has 8 heteroatoms. The van der Waals surface area contributed by atoms with Gasteiger partial charge in [0.1, 0.15) is 5.69 Å². The zero-order chi connectivity index (χ0) is 15.4. The van der Waals surface area contributed by atoms with Gasteiger partial charge in [0.2, 0.25) is 0 Å². The molecular weight excluding hydrogens is 304 g/mol. The van der Waals surface area contributed by atoms with E-state index in [2.05, 4.69) is 15.0 Å². The summed E-state index contributed by atoms with van der Waals surface area (Å²) in [4.78, 5) is 35.9. The Labute approximate surface area is 131 Å². The van der Waals surface area contributed by atoms with Gasteiger partial charge in [0.05, 0.1) is 24.5 Å². The van der Waals surface area contributed by atoms with Gasteiger partial charge in [-0.1, -0.05) is 0 Å². The third-order valence-electron chi connectivity index (χ3n) is 3.53. The van der Waals surface area contributed by atoms with E-state index in [4.69, 9.17) is 4.74 Å². The highest BCUT2D eigenvalue weighted by molar-refractivity contribution is 7.07. The minimum absolute atomic E-state index is 0.0441. The summed E-state index contributed by atoms with van der Waals surface area (Å²) in [6, 6.07) is 1.49. The van der Waals surface area contributed by atoms with Crippen molar-refractivity contribution in [2.24, 2.45) is 0 Å². The first-order valence-electron chi connectivity index (χ1n) is 7.05. The normalized spacial score (nSPS) is 18.4. The molecule has 7 nitrogen and oxygen atoms in total. The minimum atomic E-state index is -0.158. The molecule has 3 heterocycles. The number of nitrogens with one attached hydrogen (secondary N) is 1. The Kier molecular flexibility index (Phi) is 4.59. The van der Waals surface area contributed by atoms with Crippen LogP contribution in [0.1, 0.15) is 22.6 Å². The van der Waals surface area contributed by atoms with Crippen LogP contribution >= 0.6 is 11.3 Å². The second-order valence-electron chi connectivity index (χ2n) is 5.06. The number of carbonyl (C=O) groups is 1. The van der Waals surface area contributed by atoms with Gasteiger partial charge in [0.15, 0.2) is 0 Å². The lowest BCUT2D eigenvalue weighted by Crippen LogP contribution is -2.45. The molecule has 0 unspecified atom stereocenters. The molecule has 0 spiro atoms. The Balaban J connectivity index is 1.56. The average molecular weight is 320 g/mol. The van der Waals surface area contributed by atoms with Gasteiger partial charge in [-0.25, -0.2) is 9.97 Å². The van der Waals surface area contributed by atoms with E-state index < -0.39 is 0 Å². The highest BCUT2D eigenvalue weighted by Gasteiger charge is 2.25. The Morgan fingerprint density at radius 1 is 1.50 bits per heavy atom. The van der Waals surface area contributed by atoms with Gasteiger partial charge in [-0.2, -0.15) is 0 Å². The Morgan fingerprint density at radius 2 is 2.41 bits per heavy atom. The summed E-state index contributed by atoms with van der Waals surface area (Å²) in [5.74, 6) is -0.0520. The largest absolute Gasteiger partial charge is 0.375 e. The van der Waals surface area contributed by atoms with Crippen LogP contribution in [0.5, 0.6) is 0 Å². The number of ether oxygens (including phenoxy) is 1. The van der Waals surface area contributed by atoms with Gasteiger partial charge in [-0.15, -0.1) is 11.3 Å². The topological polar surface area (TPSA) is 88.2 Å². The molecule has 2 aromatic rings. The third kappa shape index (κ3) is 3.58. The summed E-state index contributed by atoms with van der Waals surface area (Å²) in [6.07, 6.45) is 2.72. The monoisotopic (exact) mass is 320 g/mol. The lowest BCUT2D eigenvalue weighted by Gasteiger charge is -2.32. The quantitative estimate of drug-likeness (QED) is 0.896. The molecule has 3 rings (SSSR count). The van der Waals surface area contributed by atoms with Crippen molar-refractivity contribution in [1.82, 2.24) is 19.9 Å². The zero-order valence-corrected chi connectivity index (χ0v) is 12.7. The molecule has 1 aliphatic heterocycles.